The average Bonchev–Trinajstić information content (AvgIpc) is 2.37. The van der Waals surface area contributed by atoms with Crippen LogP contribution >= 0.6 is 0 Å². The van der Waals surface area contributed by atoms with E-state index in [2.05, 4.69) is 10.3 Å². The van der Waals surface area contributed by atoms with E-state index in [1.807, 2.05) is 18.2 Å². The molecule has 0 saturated carbocycles. The second-order valence-corrected chi connectivity index (χ2v) is 4.02. The molecule has 0 bridgehead atoms. The number of carboxylic acids is 1. The molecule has 1 aromatic rings. The van der Waals surface area contributed by atoms with Crippen molar-refractivity contribution in [2.75, 3.05) is 6.54 Å². The van der Waals surface area contributed by atoms with E-state index in [1.165, 1.54) is 0 Å². The summed E-state index contributed by atoms with van der Waals surface area (Å²) in [5.41, 5.74) is 0.901. The second kappa shape index (κ2) is 8.22. The summed E-state index contributed by atoms with van der Waals surface area (Å²) in [6.07, 6.45) is 4.19. The second-order valence-electron chi connectivity index (χ2n) is 4.02. The zero-order chi connectivity index (χ0) is 13.2. The van der Waals surface area contributed by atoms with Gasteiger partial charge in [0, 0.05) is 31.3 Å². The molecule has 1 amide bonds. The predicted octanol–water partition coefficient (Wildman–Crippen LogP) is 1.39. The molecule has 0 aromatic carbocycles. The van der Waals surface area contributed by atoms with Crippen LogP contribution in [0.15, 0.2) is 24.4 Å². The van der Waals surface area contributed by atoms with Crippen molar-refractivity contribution in [3.63, 3.8) is 0 Å². The Kier molecular flexibility index (Phi) is 6.46. The molecule has 0 radical (unpaired) electrons. The monoisotopic (exact) mass is 250 g/mol. The van der Waals surface area contributed by atoms with Crippen LogP contribution in [0.4, 0.5) is 0 Å². The Hall–Kier alpha value is -1.91. The standard InChI is InChI=1S/C13H18N2O3/c16-12(15-10-4-2-6-13(17)18)8-7-11-5-1-3-9-14-11/h1,3,5,9H,2,4,6-8,10H2,(H,15,16)(H,17,18). The van der Waals surface area contributed by atoms with Crippen LogP contribution in [-0.4, -0.2) is 28.5 Å². The maximum absolute atomic E-state index is 11.5. The summed E-state index contributed by atoms with van der Waals surface area (Å²) >= 11 is 0. The number of nitrogens with one attached hydrogen (secondary N) is 1. The SMILES string of the molecule is O=C(O)CCCCNC(=O)CCc1ccccn1. The molecule has 5 nitrogen and oxygen atoms in total. The Morgan fingerprint density at radius 1 is 1.22 bits per heavy atom. The first-order valence-corrected chi connectivity index (χ1v) is 6.07. The highest BCUT2D eigenvalue weighted by atomic mass is 16.4. The van der Waals surface area contributed by atoms with Crippen molar-refractivity contribution >= 4 is 11.9 Å². The van der Waals surface area contributed by atoms with Crippen LogP contribution in [0.1, 0.15) is 31.4 Å². The van der Waals surface area contributed by atoms with Gasteiger partial charge >= 0.3 is 5.97 Å². The summed E-state index contributed by atoms with van der Waals surface area (Å²) in [6.45, 7) is 0.536. The predicted molar refractivity (Wildman–Crippen MR) is 67.1 cm³/mol. The van der Waals surface area contributed by atoms with Gasteiger partial charge in [0.05, 0.1) is 0 Å². The third-order valence-corrected chi connectivity index (χ3v) is 2.47. The van der Waals surface area contributed by atoms with Gasteiger partial charge in [0.2, 0.25) is 5.91 Å². The lowest BCUT2D eigenvalue weighted by Gasteiger charge is -2.04. The van der Waals surface area contributed by atoms with E-state index in [4.69, 9.17) is 5.11 Å². The molecule has 18 heavy (non-hydrogen) atoms. The molecule has 1 rings (SSSR count). The summed E-state index contributed by atoms with van der Waals surface area (Å²) in [5, 5.41) is 11.2. The third kappa shape index (κ3) is 6.62. The molecule has 0 atom stereocenters. The number of aryl methyl sites for hydroxylation is 1. The van der Waals surface area contributed by atoms with E-state index in [0.29, 0.717) is 32.2 Å². The van der Waals surface area contributed by atoms with Gasteiger partial charge in [-0.15, -0.1) is 0 Å². The van der Waals surface area contributed by atoms with Crippen molar-refractivity contribution in [2.24, 2.45) is 0 Å². The Morgan fingerprint density at radius 2 is 2.06 bits per heavy atom. The van der Waals surface area contributed by atoms with E-state index in [-0.39, 0.29) is 12.3 Å². The fourth-order valence-corrected chi connectivity index (χ4v) is 1.51. The maximum Gasteiger partial charge on any atom is 0.303 e. The quantitative estimate of drug-likeness (QED) is 0.683. The highest BCUT2D eigenvalue weighted by Crippen LogP contribution is 1.98. The van der Waals surface area contributed by atoms with Crippen LogP contribution in [-0.2, 0) is 16.0 Å². The van der Waals surface area contributed by atoms with Gasteiger partial charge in [-0.05, 0) is 31.4 Å². The van der Waals surface area contributed by atoms with Gasteiger partial charge in [-0.1, -0.05) is 6.07 Å². The lowest BCUT2D eigenvalue weighted by molar-refractivity contribution is -0.137. The Morgan fingerprint density at radius 3 is 2.72 bits per heavy atom. The number of aromatic nitrogens is 1. The smallest absolute Gasteiger partial charge is 0.303 e. The van der Waals surface area contributed by atoms with E-state index < -0.39 is 5.97 Å². The number of carbonyl (C=O) groups is 2. The minimum Gasteiger partial charge on any atom is -0.481 e. The maximum atomic E-state index is 11.5. The Bertz CT molecular complexity index is 379. The van der Waals surface area contributed by atoms with Crippen molar-refractivity contribution in [2.45, 2.75) is 32.1 Å². The molecule has 0 saturated heterocycles. The van der Waals surface area contributed by atoms with Crippen molar-refractivity contribution in [3.8, 4) is 0 Å². The van der Waals surface area contributed by atoms with Crippen molar-refractivity contribution in [1.82, 2.24) is 10.3 Å². The fraction of sp³-hybridized carbons (Fsp3) is 0.462. The van der Waals surface area contributed by atoms with Gasteiger partial charge in [0.1, 0.15) is 0 Å². The molecular weight excluding hydrogens is 232 g/mol. The van der Waals surface area contributed by atoms with Crippen LogP contribution in [0.2, 0.25) is 0 Å². The van der Waals surface area contributed by atoms with Gasteiger partial charge in [-0.3, -0.25) is 14.6 Å². The van der Waals surface area contributed by atoms with Crippen LogP contribution in [0.3, 0.4) is 0 Å². The number of hydrogen-bond acceptors (Lipinski definition) is 3. The molecule has 1 aromatic heterocycles. The molecular formula is C13H18N2O3. The minimum atomic E-state index is -0.795. The average molecular weight is 250 g/mol. The summed E-state index contributed by atoms with van der Waals surface area (Å²) in [4.78, 5) is 25.9. The van der Waals surface area contributed by atoms with E-state index >= 15 is 0 Å². The normalized spacial score (nSPS) is 10.0. The number of nitrogens with zero attached hydrogens (tertiary/aromatic N) is 1. The van der Waals surface area contributed by atoms with E-state index in [1.54, 1.807) is 6.20 Å². The summed E-state index contributed by atoms with van der Waals surface area (Å²) < 4.78 is 0. The number of unbranched alkanes of at least 4 members (excludes halogenated alkanes) is 1. The Balaban J connectivity index is 2.06. The molecule has 0 aliphatic rings. The van der Waals surface area contributed by atoms with Gasteiger partial charge < -0.3 is 10.4 Å². The van der Waals surface area contributed by atoms with Crippen molar-refractivity contribution in [1.29, 1.82) is 0 Å². The number of pyridine rings is 1. The number of carboxylic acid groups (broad SMARTS) is 1. The van der Waals surface area contributed by atoms with Crippen LogP contribution < -0.4 is 5.32 Å². The molecule has 0 aliphatic heterocycles. The van der Waals surface area contributed by atoms with Gasteiger partial charge in [-0.2, -0.15) is 0 Å². The van der Waals surface area contributed by atoms with E-state index in [0.717, 1.165) is 5.69 Å². The summed E-state index contributed by atoms with van der Waals surface area (Å²) in [7, 11) is 0. The molecule has 1 heterocycles. The topological polar surface area (TPSA) is 79.3 Å². The fourth-order valence-electron chi connectivity index (χ4n) is 1.51. The lowest BCUT2D eigenvalue weighted by atomic mass is 10.2. The number of amides is 1. The van der Waals surface area contributed by atoms with E-state index in [9.17, 15) is 9.59 Å². The minimum absolute atomic E-state index is 0.0176. The molecule has 0 unspecified atom stereocenters. The summed E-state index contributed by atoms with van der Waals surface area (Å²) in [5.74, 6) is -0.813. The highest BCUT2D eigenvalue weighted by Gasteiger charge is 2.02. The molecule has 5 heteroatoms. The number of rotatable bonds is 8. The van der Waals surface area contributed by atoms with Crippen LogP contribution in [0.25, 0.3) is 0 Å². The molecule has 0 spiro atoms. The van der Waals surface area contributed by atoms with Gasteiger partial charge in [-0.25, -0.2) is 0 Å². The number of carbonyl (C=O) groups excluding carboxylic acids is 1. The zero-order valence-electron chi connectivity index (χ0n) is 10.3. The van der Waals surface area contributed by atoms with Crippen LogP contribution in [0, 0.1) is 0 Å². The first kappa shape index (κ1) is 14.2. The first-order valence-electron chi connectivity index (χ1n) is 6.07. The largest absolute Gasteiger partial charge is 0.481 e. The first-order chi connectivity index (χ1) is 8.68. The summed E-state index contributed by atoms with van der Waals surface area (Å²) in [6, 6.07) is 5.62. The molecule has 0 fully saturated rings. The Labute approximate surface area is 106 Å². The van der Waals surface area contributed by atoms with Crippen LogP contribution in [0.5, 0.6) is 0 Å². The van der Waals surface area contributed by atoms with Crippen molar-refractivity contribution < 1.29 is 14.7 Å². The molecule has 2 N–H and O–H groups in total. The van der Waals surface area contributed by atoms with Gasteiger partial charge in [0.15, 0.2) is 0 Å². The van der Waals surface area contributed by atoms with Gasteiger partial charge in [0.25, 0.3) is 0 Å². The molecule has 98 valence electrons. The number of hydrogen-bond donors (Lipinski definition) is 2. The third-order valence-electron chi connectivity index (χ3n) is 2.47. The molecule has 0 aliphatic carbocycles. The highest BCUT2D eigenvalue weighted by molar-refractivity contribution is 5.76. The van der Waals surface area contributed by atoms with Crippen molar-refractivity contribution in [3.05, 3.63) is 30.1 Å². The number of aliphatic carboxylic acids is 1. The lowest BCUT2D eigenvalue weighted by Crippen LogP contribution is -2.24. The zero-order valence-corrected chi connectivity index (χ0v) is 10.3.